The lowest BCUT2D eigenvalue weighted by atomic mass is 10.0. The molecule has 1 unspecified atom stereocenters. The van der Waals surface area contributed by atoms with Gasteiger partial charge in [0.25, 0.3) is 0 Å². The summed E-state index contributed by atoms with van der Waals surface area (Å²) in [6, 6.07) is 4.63. The lowest BCUT2D eigenvalue weighted by Crippen LogP contribution is -2.47. The smallest absolute Gasteiger partial charge is 0.325 e. The number of aryl methyl sites for hydroxylation is 1. The van der Waals surface area contributed by atoms with Crippen molar-refractivity contribution in [3.05, 3.63) is 29.6 Å². The highest BCUT2D eigenvalue weighted by atomic mass is 19.1. The molecule has 2 N–H and O–H groups in total. The molecule has 0 heterocycles. The average Bonchev–Trinajstić information content (AvgIpc) is 2.34. The van der Waals surface area contributed by atoms with Crippen LogP contribution in [0.2, 0.25) is 0 Å². The zero-order valence-electron chi connectivity index (χ0n) is 11.5. The van der Waals surface area contributed by atoms with Crippen molar-refractivity contribution in [3.63, 3.8) is 0 Å². The maximum Gasteiger partial charge on any atom is 0.325 e. The highest BCUT2D eigenvalue weighted by Crippen LogP contribution is 2.17. The second-order valence-electron chi connectivity index (χ2n) is 4.65. The predicted molar refractivity (Wildman–Crippen MR) is 70.5 cm³/mol. The van der Waals surface area contributed by atoms with Crippen LogP contribution in [0.3, 0.4) is 0 Å². The number of carbonyl (C=O) groups excluding carboxylic acids is 1. The zero-order chi connectivity index (χ0) is 14.5. The van der Waals surface area contributed by atoms with Crippen molar-refractivity contribution in [2.75, 3.05) is 13.2 Å². The normalized spacial score (nSPS) is 13.7. The van der Waals surface area contributed by atoms with Crippen LogP contribution >= 0.6 is 0 Å². The summed E-state index contributed by atoms with van der Waals surface area (Å²) < 4.78 is 23.5. The lowest BCUT2D eigenvalue weighted by molar-refractivity contribution is -0.149. The van der Waals surface area contributed by atoms with Crippen LogP contribution in [0.1, 0.15) is 25.8 Å². The minimum Gasteiger partial charge on any atom is -0.493 e. The van der Waals surface area contributed by atoms with Crippen LogP contribution in [-0.4, -0.2) is 24.7 Å². The molecule has 5 heteroatoms. The van der Waals surface area contributed by atoms with E-state index in [1.807, 2.05) is 0 Å². The van der Waals surface area contributed by atoms with Gasteiger partial charge in [0.15, 0.2) is 0 Å². The maximum atomic E-state index is 13.3. The van der Waals surface area contributed by atoms with E-state index in [-0.39, 0.29) is 19.0 Å². The molecule has 0 saturated carbocycles. The van der Waals surface area contributed by atoms with E-state index in [2.05, 4.69) is 0 Å². The van der Waals surface area contributed by atoms with Crippen LogP contribution in [0, 0.1) is 12.7 Å². The Bertz CT molecular complexity index is 446. The number of halogens is 1. The van der Waals surface area contributed by atoms with Gasteiger partial charge in [-0.05, 0) is 32.4 Å². The zero-order valence-corrected chi connectivity index (χ0v) is 11.5. The second-order valence-corrected chi connectivity index (χ2v) is 4.65. The molecule has 1 atom stereocenters. The quantitative estimate of drug-likeness (QED) is 0.804. The van der Waals surface area contributed by atoms with Crippen molar-refractivity contribution in [1.29, 1.82) is 0 Å². The van der Waals surface area contributed by atoms with Gasteiger partial charge in [0.1, 0.15) is 17.1 Å². The third-order valence-electron chi connectivity index (χ3n) is 2.78. The highest BCUT2D eigenvalue weighted by molar-refractivity contribution is 5.79. The van der Waals surface area contributed by atoms with Crippen molar-refractivity contribution in [2.45, 2.75) is 32.7 Å². The van der Waals surface area contributed by atoms with Crippen molar-refractivity contribution >= 4 is 5.97 Å². The van der Waals surface area contributed by atoms with Gasteiger partial charge in [-0.15, -0.1) is 0 Å². The Morgan fingerprint density at radius 2 is 2.16 bits per heavy atom. The highest BCUT2D eigenvalue weighted by Gasteiger charge is 2.29. The third kappa shape index (κ3) is 4.52. The number of hydrogen-bond donors (Lipinski definition) is 1. The first kappa shape index (κ1) is 15.4. The van der Waals surface area contributed by atoms with Crippen molar-refractivity contribution < 1.29 is 18.7 Å². The van der Waals surface area contributed by atoms with Gasteiger partial charge in [0, 0.05) is 12.5 Å². The average molecular weight is 269 g/mol. The predicted octanol–water partition coefficient (Wildman–Crippen LogP) is 2.18. The molecule has 0 aliphatic carbocycles. The Hall–Kier alpha value is -1.62. The number of nitrogens with two attached hydrogens (primary N) is 1. The summed E-state index contributed by atoms with van der Waals surface area (Å²) in [5.74, 6) is -0.366. The number of carbonyl (C=O) groups is 1. The van der Waals surface area contributed by atoms with E-state index >= 15 is 0 Å². The maximum absolute atomic E-state index is 13.3. The molecule has 1 rings (SSSR count). The first-order valence-corrected chi connectivity index (χ1v) is 6.22. The Kier molecular flexibility index (Phi) is 5.30. The molecule has 0 saturated heterocycles. The summed E-state index contributed by atoms with van der Waals surface area (Å²) in [7, 11) is 0. The Balaban J connectivity index is 2.49. The van der Waals surface area contributed by atoms with Gasteiger partial charge in [-0.1, -0.05) is 6.07 Å². The Morgan fingerprint density at radius 1 is 1.47 bits per heavy atom. The molecule has 1 aromatic carbocycles. The van der Waals surface area contributed by atoms with Crippen LogP contribution in [-0.2, 0) is 9.53 Å². The molecule has 0 spiro atoms. The Morgan fingerprint density at radius 3 is 2.74 bits per heavy atom. The van der Waals surface area contributed by atoms with E-state index in [1.165, 1.54) is 6.07 Å². The monoisotopic (exact) mass is 269 g/mol. The molecule has 19 heavy (non-hydrogen) atoms. The molecule has 0 aromatic heterocycles. The number of esters is 1. The van der Waals surface area contributed by atoms with Crippen LogP contribution in [0.25, 0.3) is 0 Å². The SMILES string of the molecule is CCOC(=O)C(C)(N)CCOc1ccc(C)c(F)c1. The molecule has 0 fully saturated rings. The largest absolute Gasteiger partial charge is 0.493 e. The molecule has 0 bridgehead atoms. The van der Waals surface area contributed by atoms with Crippen LogP contribution < -0.4 is 10.5 Å². The molecule has 4 nitrogen and oxygen atoms in total. The number of ether oxygens (including phenoxy) is 2. The summed E-state index contributed by atoms with van der Waals surface area (Å²) >= 11 is 0. The van der Waals surface area contributed by atoms with E-state index < -0.39 is 11.5 Å². The van der Waals surface area contributed by atoms with E-state index in [0.717, 1.165) is 0 Å². The number of rotatable bonds is 6. The lowest BCUT2D eigenvalue weighted by Gasteiger charge is -2.22. The van der Waals surface area contributed by atoms with Gasteiger partial charge >= 0.3 is 5.97 Å². The summed E-state index contributed by atoms with van der Waals surface area (Å²) in [6.45, 7) is 5.49. The fraction of sp³-hybridized carbons (Fsp3) is 0.500. The molecule has 0 aliphatic heterocycles. The van der Waals surface area contributed by atoms with E-state index in [4.69, 9.17) is 15.2 Å². The molecule has 1 aromatic rings. The van der Waals surface area contributed by atoms with Gasteiger partial charge in [0.2, 0.25) is 0 Å². The van der Waals surface area contributed by atoms with E-state index in [0.29, 0.717) is 17.7 Å². The first-order valence-electron chi connectivity index (χ1n) is 6.22. The molecule has 0 aliphatic rings. The minimum absolute atomic E-state index is 0.217. The van der Waals surface area contributed by atoms with Gasteiger partial charge in [-0.25, -0.2) is 4.39 Å². The number of benzene rings is 1. The van der Waals surface area contributed by atoms with Gasteiger partial charge < -0.3 is 15.2 Å². The van der Waals surface area contributed by atoms with Gasteiger partial charge in [0.05, 0.1) is 13.2 Å². The van der Waals surface area contributed by atoms with Gasteiger partial charge in [-0.2, -0.15) is 0 Å². The summed E-state index contributed by atoms with van der Waals surface area (Å²) in [5, 5.41) is 0. The van der Waals surface area contributed by atoms with Crippen LogP contribution in [0.4, 0.5) is 4.39 Å². The van der Waals surface area contributed by atoms with Crippen molar-refractivity contribution in [1.82, 2.24) is 0 Å². The van der Waals surface area contributed by atoms with Crippen molar-refractivity contribution in [3.8, 4) is 5.75 Å². The Labute approximate surface area is 112 Å². The third-order valence-corrected chi connectivity index (χ3v) is 2.78. The number of hydrogen-bond acceptors (Lipinski definition) is 4. The van der Waals surface area contributed by atoms with E-state index in [9.17, 15) is 9.18 Å². The fourth-order valence-electron chi connectivity index (χ4n) is 1.44. The molecular weight excluding hydrogens is 249 g/mol. The fourth-order valence-corrected chi connectivity index (χ4v) is 1.44. The standard InChI is InChI=1S/C14H20FNO3/c1-4-18-13(17)14(3,16)7-8-19-11-6-5-10(2)12(15)9-11/h5-6,9H,4,7-8,16H2,1-3H3. The summed E-state index contributed by atoms with van der Waals surface area (Å²) in [5.41, 5.74) is 5.30. The van der Waals surface area contributed by atoms with Gasteiger partial charge in [-0.3, -0.25) is 4.79 Å². The van der Waals surface area contributed by atoms with Crippen LogP contribution in [0.15, 0.2) is 18.2 Å². The molecule has 0 radical (unpaired) electrons. The van der Waals surface area contributed by atoms with E-state index in [1.54, 1.807) is 32.9 Å². The molecule has 106 valence electrons. The molecule has 0 amide bonds. The topological polar surface area (TPSA) is 61.5 Å². The first-order chi connectivity index (χ1) is 8.86. The van der Waals surface area contributed by atoms with Crippen molar-refractivity contribution in [2.24, 2.45) is 5.73 Å². The minimum atomic E-state index is -1.10. The summed E-state index contributed by atoms with van der Waals surface area (Å²) in [6.07, 6.45) is 0.293. The molecular formula is C14H20FNO3. The second kappa shape index (κ2) is 6.52. The van der Waals surface area contributed by atoms with Crippen LogP contribution in [0.5, 0.6) is 5.75 Å². The summed E-state index contributed by atoms with van der Waals surface area (Å²) in [4.78, 5) is 11.5.